The third kappa shape index (κ3) is 2.02. The summed E-state index contributed by atoms with van der Waals surface area (Å²) in [6, 6.07) is 9.84. The lowest BCUT2D eigenvalue weighted by molar-refractivity contribution is 0.415. The molecular weight excluding hydrogens is 246 g/mol. The first-order chi connectivity index (χ1) is 8.86. The molecule has 0 N–H and O–H groups in total. The van der Waals surface area contributed by atoms with Crippen molar-refractivity contribution in [2.75, 3.05) is 7.11 Å². The Hall–Kier alpha value is -2.07. The minimum atomic E-state index is 0.840. The van der Waals surface area contributed by atoms with Crippen LogP contribution in [0.15, 0.2) is 53.5 Å². The van der Waals surface area contributed by atoms with Crippen LogP contribution < -0.4 is 4.74 Å². The molecule has 0 aliphatic rings. The van der Waals surface area contributed by atoms with Crippen LogP contribution in [0, 0.1) is 0 Å². The summed E-state index contributed by atoms with van der Waals surface area (Å²) in [6.45, 7) is 0. The molecule has 4 heteroatoms. The van der Waals surface area contributed by atoms with Crippen LogP contribution in [0.25, 0.3) is 21.0 Å². The van der Waals surface area contributed by atoms with Crippen molar-refractivity contribution < 1.29 is 9.15 Å². The van der Waals surface area contributed by atoms with Gasteiger partial charge in [0.1, 0.15) is 10.8 Å². The molecule has 3 nitrogen and oxygen atoms in total. The number of hydrogen-bond acceptors (Lipinski definition) is 4. The molecule has 0 radical (unpaired) electrons. The molecule has 3 aromatic rings. The number of rotatable bonds is 3. The maximum Gasteiger partial charge on any atom is 0.124 e. The summed E-state index contributed by atoms with van der Waals surface area (Å²) in [4.78, 5) is 5.54. The van der Waals surface area contributed by atoms with Crippen molar-refractivity contribution in [1.82, 2.24) is 4.98 Å². The zero-order valence-electron chi connectivity index (χ0n) is 9.79. The molecule has 1 aromatic carbocycles. The van der Waals surface area contributed by atoms with E-state index in [1.165, 1.54) is 0 Å². The van der Waals surface area contributed by atoms with E-state index in [-0.39, 0.29) is 0 Å². The van der Waals surface area contributed by atoms with Crippen LogP contribution in [0.1, 0.15) is 0 Å². The third-order valence-corrected chi connectivity index (χ3v) is 3.72. The van der Waals surface area contributed by atoms with E-state index in [0.29, 0.717) is 0 Å². The second-order valence-electron chi connectivity index (χ2n) is 3.77. The molecule has 3 rings (SSSR count). The second-order valence-corrected chi connectivity index (χ2v) is 4.80. The molecule has 0 spiro atoms. The normalized spacial score (nSPS) is 10.5. The van der Waals surface area contributed by atoms with E-state index < -0.39 is 0 Å². The fraction of sp³-hybridized carbons (Fsp3) is 0.0714. The van der Waals surface area contributed by atoms with Crippen molar-refractivity contribution in [2.45, 2.75) is 0 Å². The Morgan fingerprint density at radius 2 is 2.17 bits per heavy atom. The third-order valence-electron chi connectivity index (χ3n) is 2.63. The topological polar surface area (TPSA) is 35.3 Å². The predicted octanol–water partition coefficient (Wildman–Crippen LogP) is 4.08. The Morgan fingerprint density at radius 3 is 2.94 bits per heavy atom. The Kier molecular flexibility index (Phi) is 2.86. The first kappa shape index (κ1) is 11.0. The van der Waals surface area contributed by atoms with Crippen molar-refractivity contribution in [2.24, 2.45) is 0 Å². The van der Waals surface area contributed by atoms with Gasteiger partial charge in [0.25, 0.3) is 0 Å². The molecule has 0 unspecified atom stereocenters. The SMILES string of the molecule is COc1cccc(-c2ncc(-c3ccoc3)s2)c1. The van der Waals surface area contributed by atoms with E-state index in [0.717, 1.165) is 26.8 Å². The summed E-state index contributed by atoms with van der Waals surface area (Å²) < 4.78 is 10.3. The van der Waals surface area contributed by atoms with Gasteiger partial charge >= 0.3 is 0 Å². The Balaban J connectivity index is 1.97. The molecule has 0 saturated carbocycles. The summed E-state index contributed by atoms with van der Waals surface area (Å²) in [5, 5.41) is 0.977. The quantitative estimate of drug-likeness (QED) is 0.709. The number of benzene rings is 1. The van der Waals surface area contributed by atoms with Gasteiger partial charge in [0, 0.05) is 17.3 Å². The highest BCUT2D eigenvalue weighted by Crippen LogP contribution is 2.33. The van der Waals surface area contributed by atoms with Crippen LogP contribution in [0.2, 0.25) is 0 Å². The van der Waals surface area contributed by atoms with Gasteiger partial charge in [-0.15, -0.1) is 11.3 Å². The van der Waals surface area contributed by atoms with E-state index >= 15 is 0 Å². The molecule has 2 aromatic heterocycles. The highest BCUT2D eigenvalue weighted by molar-refractivity contribution is 7.18. The lowest BCUT2D eigenvalue weighted by Crippen LogP contribution is -1.82. The Morgan fingerprint density at radius 1 is 1.22 bits per heavy atom. The number of ether oxygens (including phenoxy) is 1. The Labute approximate surface area is 109 Å². The van der Waals surface area contributed by atoms with Crippen LogP contribution in [0.3, 0.4) is 0 Å². The number of furan rings is 1. The lowest BCUT2D eigenvalue weighted by Gasteiger charge is -2.00. The zero-order chi connectivity index (χ0) is 12.4. The fourth-order valence-electron chi connectivity index (χ4n) is 1.70. The molecule has 90 valence electrons. The Bertz CT molecular complexity index is 643. The number of aromatic nitrogens is 1. The average molecular weight is 257 g/mol. The summed E-state index contributed by atoms with van der Waals surface area (Å²) in [5.41, 5.74) is 2.12. The minimum absolute atomic E-state index is 0.840. The van der Waals surface area contributed by atoms with Crippen LogP contribution in [-0.2, 0) is 0 Å². The fourth-order valence-corrected chi connectivity index (χ4v) is 2.60. The monoisotopic (exact) mass is 257 g/mol. The van der Waals surface area contributed by atoms with Crippen LogP contribution in [0.4, 0.5) is 0 Å². The maximum absolute atomic E-state index is 5.22. The predicted molar refractivity (Wildman–Crippen MR) is 71.8 cm³/mol. The van der Waals surface area contributed by atoms with E-state index in [1.807, 2.05) is 36.5 Å². The molecule has 0 saturated heterocycles. The molecule has 0 bridgehead atoms. The van der Waals surface area contributed by atoms with Crippen molar-refractivity contribution >= 4 is 11.3 Å². The summed E-state index contributed by atoms with van der Waals surface area (Å²) in [7, 11) is 1.66. The van der Waals surface area contributed by atoms with Crippen LogP contribution in [0.5, 0.6) is 5.75 Å². The highest BCUT2D eigenvalue weighted by Gasteiger charge is 2.08. The molecule has 0 amide bonds. The summed E-state index contributed by atoms with van der Waals surface area (Å²) in [6.07, 6.45) is 5.26. The van der Waals surface area contributed by atoms with Gasteiger partial charge in [0.15, 0.2) is 0 Å². The summed E-state index contributed by atoms with van der Waals surface area (Å²) in [5.74, 6) is 0.840. The number of methoxy groups -OCH3 is 1. The van der Waals surface area contributed by atoms with Gasteiger partial charge < -0.3 is 9.15 Å². The maximum atomic E-state index is 5.22. The van der Waals surface area contributed by atoms with E-state index in [4.69, 9.17) is 9.15 Å². The van der Waals surface area contributed by atoms with Crippen molar-refractivity contribution in [1.29, 1.82) is 0 Å². The zero-order valence-corrected chi connectivity index (χ0v) is 10.6. The molecule has 0 aliphatic heterocycles. The average Bonchev–Trinajstić information content (AvgIpc) is 3.09. The first-order valence-corrected chi connectivity index (χ1v) is 6.31. The van der Waals surface area contributed by atoms with E-state index in [2.05, 4.69) is 4.98 Å². The van der Waals surface area contributed by atoms with Gasteiger partial charge in [-0.3, -0.25) is 0 Å². The van der Waals surface area contributed by atoms with Gasteiger partial charge in [-0.05, 0) is 18.2 Å². The lowest BCUT2D eigenvalue weighted by atomic mass is 10.2. The van der Waals surface area contributed by atoms with Gasteiger partial charge in [-0.1, -0.05) is 12.1 Å². The van der Waals surface area contributed by atoms with Gasteiger partial charge in [-0.25, -0.2) is 4.98 Å². The van der Waals surface area contributed by atoms with E-state index in [9.17, 15) is 0 Å². The molecule has 0 fully saturated rings. The van der Waals surface area contributed by atoms with Gasteiger partial charge in [0.05, 0.1) is 24.5 Å². The number of hydrogen-bond donors (Lipinski definition) is 0. The van der Waals surface area contributed by atoms with Crippen molar-refractivity contribution in [3.63, 3.8) is 0 Å². The van der Waals surface area contributed by atoms with Gasteiger partial charge in [-0.2, -0.15) is 0 Å². The minimum Gasteiger partial charge on any atom is -0.497 e. The second kappa shape index (κ2) is 4.66. The first-order valence-electron chi connectivity index (χ1n) is 5.49. The summed E-state index contributed by atoms with van der Waals surface area (Å²) >= 11 is 1.64. The van der Waals surface area contributed by atoms with Crippen LogP contribution in [-0.4, -0.2) is 12.1 Å². The smallest absolute Gasteiger partial charge is 0.124 e. The number of thiazole rings is 1. The number of nitrogens with zero attached hydrogens (tertiary/aromatic N) is 1. The molecule has 2 heterocycles. The molecule has 0 atom stereocenters. The van der Waals surface area contributed by atoms with E-state index in [1.54, 1.807) is 31.0 Å². The highest BCUT2D eigenvalue weighted by atomic mass is 32.1. The standard InChI is InChI=1S/C14H11NO2S/c1-16-12-4-2-3-10(7-12)14-15-8-13(18-14)11-5-6-17-9-11/h2-9H,1H3. The largest absolute Gasteiger partial charge is 0.497 e. The van der Waals surface area contributed by atoms with Gasteiger partial charge in [0.2, 0.25) is 0 Å². The van der Waals surface area contributed by atoms with Crippen LogP contribution >= 0.6 is 11.3 Å². The molecule has 18 heavy (non-hydrogen) atoms. The van der Waals surface area contributed by atoms with Crippen molar-refractivity contribution in [3.05, 3.63) is 49.1 Å². The van der Waals surface area contributed by atoms with Crippen molar-refractivity contribution in [3.8, 4) is 26.8 Å². The molecule has 0 aliphatic carbocycles. The molecular formula is C14H11NO2S.